The van der Waals surface area contributed by atoms with E-state index in [2.05, 4.69) is 29.0 Å². The van der Waals surface area contributed by atoms with Gasteiger partial charge in [0.2, 0.25) is 0 Å². The van der Waals surface area contributed by atoms with E-state index in [4.69, 9.17) is 4.74 Å². The predicted octanol–water partition coefficient (Wildman–Crippen LogP) is 3.64. The Labute approximate surface area is 125 Å². The van der Waals surface area contributed by atoms with Crippen molar-refractivity contribution in [3.63, 3.8) is 0 Å². The lowest BCUT2D eigenvalue weighted by atomic mass is 9.83. The van der Waals surface area contributed by atoms with Crippen LogP contribution in [-0.4, -0.2) is 20.2 Å². The van der Waals surface area contributed by atoms with Crippen LogP contribution in [0.3, 0.4) is 0 Å². The number of allylic oxidation sites excluding steroid dienone is 5. The molecule has 3 heteroatoms. The molecule has 21 heavy (non-hydrogen) atoms. The lowest BCUT2D eigenvalue weighted by molar-refractivity contribution is -0.134. The molecule has 0 aromatic heterocycles. The standard InChI is InChI=1S/C18H20O3/c1-20-16-10-8-15(9-11-16)17(12-13-18(19)21-2)14-6-4-3-5-7-14/h4-14,17H,3H2,1-2H3/b13-12+. The SMILES string of the molecule is COC(=O)/C=C/C(c1ccc(OC)cc1)C1C=CCC=C1. The molecule has 3 nitrogen and oxygen atoms in total. The summed E-state index contributed by atoms with van der Waals surface area (Å²) in [6.07, 6.45) is 13.0. The number of methoxy groups -OCH3 is 2. The van der Waals surface area contributed by atoms with Crippen molar-refractivity contribution < 1.29 is 14.3 Å². The molecule has 1 atom stereocenters. The second-order valence-electron chi connectivity index (χ2n) is 4.85. The van der Waals surface area contributed by atoms with Crippen molar-refractivity contribution >= 4 is 5.97 Å². The molecule has 0 saturated heterocycles. The molecule has 0 spiro atoms. The zero-order valence-electron chi connectivity index (χ0n) is 12.4. The van der Waals surface area contributed by atoms with Crippen molar-refractivity contribution in [2.45, 2.75) is 12.3 Å². The van der Waals surface area contributed by atoms with Crippen LogP contribution in [0.15, 0.2) is 60.7 Å². The van der Waals surface area contributed by atoms with Crippen molar-refractivity contribution in [2.75, 3.05) is 14.2 Å². The molecule has 0 amide bonds. The Morgan fingerprint density at radius 1 is 1.19 bits per heavy atom. The minimum atomic E-state index is -0.336. The fraction of sp³-hybridized carbons (Fsp3) is 0.278. The van der Waals surface area contributed by atoms with Crippen molar-refractivity contribution in [3.05, 3.63) is 66.3 Å². The van der Waals surface area contributed by atoms with E-state index in [1.807, 2.05) is 30.3 Å². The molecule has 2 rings (SSSR count). The second kappa shape index (κ2) is 7.48. The van der Waals surface area contributed by atoms with Crippen molar-refractivity contribution in [2.24, 2.45) is 5.92 Å². The molecule has 0 saturated carbocycles. The van der Waals surface area contributed by atoms with E-state index in [1.165, 1.54) is 13.2 Å². The molecule has 1 aromatic carbocycles. The number of esters is 1. The molecule has 0 aliphatic heterocycles. The first-order valence-electron chi connectivity index (χ1n) is 6.98. The van der Waals surface area contributed by atoms with Gasteiger partial charge in [-0.2, -0.15) is 0 Å². The molecule has 0 radical (unpaired) electrons. The van der Waals surface area contributed by atoms with E-state index in [0.29, 0.717) is 0 Å². The summed E-state index contributed by atoms with van der Waals surface area (Å²) in [5.74, 6) is 0.831. The van der Waals surface area contributed by atoms with Gasteiger partial charge in [-0.05, 0) is 24.1 Å². The molecule has 0 heterocycles. The molecule has 0 bridgehead atoms. The molecule has 1 aliphatic rings. The Morgan fingerprint density at radius 3 is 2.43 bits per heavy atom. The van der Waals surface area contributed by atoms with E-state index in [0.717, 1.165) is 17.7 Å². The lowest BCUT2D eigenvalue weighted by Crippen LogP contribution is -2.09. The molecule has 1 unspecified atom stereocenters. The van der Waals surface area contributed by atoms with Crippen LogP contribution in [0.25, 0.3) is 0 Å². The minimum absolute atomic E-state index is 0.0998. The normalized spacial score (nSPS) is 16.1. The first-order valence-corrected chi connectivity index (χ1v) is 6.98. The summed E-state index contributed by atoms with van der Waals surface area (Å²) >= 11 is 0. The molecular formula is C18H20O3. The Hall–Kier alpha value is -2.29. The van der Waals surface area contributed by atoms with Crippen molar-refractivity contribution in [1.29, 1.82) is 0 Å². The van der Waals surface area contributed by atoms with Gasteiger partial charge in [-0.25, -0.2) is 4.79 Å². The summed E-state index contributed by atoms with van der Waals surface area (Å²) in [7, 11) is 3.03. The van der Waals surface area contributed by atoms with Crippen LogP contribution in [0.4, 0.5) is 0 Å². The number of hydrogen-bond acceptors (Lipinski definition) is 3. The van der Waals surface area contributed by atoms with Crippen LogP contribution in [-0.2, 0) is 9.53 Å². The molecule has 1 aromatic rings. The summed E-state index contributed by atoms with van der Waals surface area (Å²) in [5, 5.41) is 0. The van der Waals surface area contributed by atoms with Gasteiger partial charge in [0.15, 0.2) is 0 Å². The van der Waals surface area contributed by atoms with E-state index in [-0.39, 0.29) is 17.8 Å². The Balaban J connectivity index is 2.27. The Bertz CT molecular complexity index is 540. The Kier molecular flexibility index (Phi) is 5.38. The maximum absolute atomic E-state index is 11.4. The van der Waals surface area contributed by atoms with E-state index >= 15 is 0 Å². The summed E-state index contributed by atoms with van der Waals surface area (Å²) in [6, 6.07) is 7.93. The third-order valence-electron chi connectivity index (χ3n) is 3.54. The predicted molar refractivity (Wildman–Crippen MR) is 83.3 cm³/mol. The van der Waals surface area contributed by atoms with Gasteiger partial charge in [-0.15, -0.1) is 0 Å². The first kappa shape index (κ1) is 15.1. The summed E-state index contributed by atoms with van der Waals surface area (Å²) in [6.45, 7) is 0. The average molecular weight is 284 g/mol. The van der Waals surface area contributed by atoms with Gasteiger partial charge in [-0.1, -0.05) is 42.5 Å². The van der Waals surface area contributed by atoms with E-state index in [1.54, 1.807) is 7.11 Å². The zero-order valence-corrected chi connectivity index (χ0v) is 12.4. The highest BCUT2D eigenvalue weighted by molar-refractivity contribution is 5.81. The van der Waals surface area contributed by atoms with Crippen LogP contribution in [0, 0.1) is 5.92 Å². The molecule has 1 aliphatic carbocycles. The van der Waals surface area contributed by atoms with Gasteiger partial charge in [0.05, 0.1) is 14.2 Å². The highest BCUT2D eigenvalue weighted by Crippen LogP contribution is 2.31. The van der Waals surface area contributed by atoms with E-state index in [9.17, 15) is 4.79 Å². The topological polar surface area (TPSA) is 35.5 Å². The quantitative estimate of drug-likeness (QED) is 0.470. The van der Waals surface area contributed by atoms with E-state index < -0.39 is 0 Å². The van der Waals surface area contributed by atoms with Gasteiger partial charge in [0.25, 0.3) is 0 Å². The first-order chi connectivity index (χ1) is 10.2. The summed E-state index contributed by atoms with van der Waals surface area (Å²) in [4.78, 5) is 11.4. The van der Waals surface area contributed by atoms with Crippen molar-refractivity contribution in [3.8, 4) is 5.75 Å². The number of rotatable bonds is 5. The third kappa shape index (κ3) is 4.09. The highest BCUT2D eigenvalue weighted by Gasteiger charge is 2.18. The van der Waals surface area contributed by atoms with Crippen molar-refractivity contribution in [1.82, 2.24) is 0 Å². The molecule has 0 N–H and O–H groups in total. The fourth-order valence-electron chi connectivity index (χ4n) is 2.39. The number of hydrogen-bond donors (Lipinski definition) is 0. The molecule has 0 fully saturated rings. The van der Waals surface area contributed by atoms with Gasteiger partial charge >= 0.3 is 5.97 Å². The average Bonchev–Trinajstić information content (AvgIpc) is 2.56. The second-order valence-corrected chi connectivity index (χ2v) is 4.85. The molecular weight excluding hydrogens is 264 g/mol. The lowest BCUT2D eigenvalue weighted by Gasteiger charge is -2.21. The maximum Gasteiger partial charge on any atom is 0.330 e. The fourth-order valence-corrected chi connectivity index (χ4v) is 2.39. The van der Waals surface area contributed by atoms with Gasteiger partial charge in [0, 0.05) is 17.9 Å². The number of carbonyl (C=O) groups excluding carboxylic acids is 1. The van der Waals surface area contributed by atoms with Crippen LogP contribution in [0.2, 0.25) is 0 Å². The third-order valence-corrected chi connectivity index (χ3v) is 3.54. The zero-order chi connectivity index (χ0) is 15.1. The van der Waals surface area contributed by atoms with Gasteiger partial charge in [0.1, 0.15) is 5.75 Å². The minimum Gasteiger partial charge on any atom is -0.497 e. The maximum atomic E-state index is 11.4. The monoisotopic (exact) mass is 284 g/mol. The van der Waals surface area contributed by atoms with Gasteiger partial charge < -0.3 is 9.47 Å². The van der Waals surface area contributed by atoms with Crippen LogP contribution in [0.5, 0.6) is 5.75 Å². The number of carbonyl (C=O) groups is 1. The largest absolute Gasteiger partial charge is 0.497 e. The molecule has 110 valence electrons. The Morgan fingerprint density at radius 2 is 1.86 bits per heavy atom. The number of benzene rings is 1. The van der Waals surface area contributed by atoms with Gasteiger partial charge in [-0.3, -0.25) is 0 Å². The van der Waals surface area contributed by atoms with Crippen LogP contribution >= 0.6 is 0 Å². The highest BCUT2D eigenvalue weighted by atomic mass is 16.5. The van der Waals surface area contributed by atoms with Crippen LogP contribution < -0.4 is 4.74 Å². The summed E-state index contributed by atoms with van der Waals surface area (Å²) < 4.78 is 9.87. The van der Waals surface area contributed by atoms with Crippen LogP contribution in [0.1, 0.15) is 17.9 Å². The summed E-state index contributed by atoms with van der Waals surface area (Å²) in [5.41, 5.74) is 1.14. The smallest absolute Gasteiger partial charge is 0.330 e. The number of ether oxygens (including phenoxy) is 2.